The van der Waals surface area contributed by atoms with Crippen LogP contribution in [0.5, 0.6) is 0 Å². The number of hydrogen-bond donors (Lipinski definition) is 0. The first-order chi connectivity index (χ1) is 15.4. The van der Waals surface area contributed by atoms with E-state index in [-0.39, 0.29) is 33.5 Å². The van der Waals surface area contributed by atoms with E-state index in [1.165, 1.54) is 25.1 Å². The van der Waals surface area contributed by atoms with Crippen LogP contribution >= 0.6 is 11.6 Å². The van der Waals surface area contributed by atoms with E-state index >= 15 is 0 Å². The number of anilines is 1. The second-order valence-corrected chi connectivity index (χ2v) is 7.66. The zero-order chi connectivity index (χ0) is 22.8. The van der Waals surface area contributed by atoms with Crippen molar-refractivity contribution in [1.29, 1.82) is 0 Å². The maximum Gasteiger partial charge on any atom is 0.344 e. The monoisotopic (exact) mass is 456 g/mol. The van der Waals surface area contributed by atoms with Gasteiger partial charge in [0.15, 0.2) is 12.4 Å². The molecule has 4 rings (SSSR count). The predicted octanol–water partition coefficient (Wildman–Crippen LogP) is 4.61. The number of carbonyl (C=O) groups excluding carboxylic acids is 3. The van der Waals surface area contributed by atoms with Gasteiger partial charge in [0, 0.05) is 24.2 Å². The van der Waals surface area contributed by atoms with Crippen molar-refractivity contribution in [2.45, 2.75) is 19.8 Å². The lowest BCUT2D eigenvalue weighted by molar-refractivity contribution is -0.117. The number of benzene rings is 2. The maximum atomic E-state index is 14.3. The van der Waals surface area contributed by atoms with Crippen molar-refractivity contribution in [2.75, 3.05) is 18.1 Å². The summed E-state index contributed by atoms with van der Waals surface area (Å²) in [5.74, 6) is -1.83. The van der Waals surface area contributed by atoms with Crippen molar-refractivity contribution in [3.63, 3.8) is 0 Å². The lowest BCUT2D eigenvalue weighted by atomic mass is 10.1. The summed E-state index contributed by atoms with van der Waals surface area (Å²) in [5, 5.41) is 3.81. The van der Waals surface area contributed by atoms with Crippen LogP contribution in [-0.2, 0) is 9.53 Å². The van der Waals surface area contributed by atoms with Crippen LogP contribution in [0.3, 0.4) is 0 Å². The Balaban J connectivity index is 1.47. The smallest absolute Gasteiger partial charge is 0.344 e. The fourth-order valence-corrected chi connectivity index (χ4v) is 3.79. The molecule has 0 saturated carbocycles. The molecule has 0 unspecified atom stereocenters. The number of hydrogen-bond acceptors (Lipinski definition) is 6. The van der Waals surface area contributed by atoms with E-state index in [1.54, 1.807) is 29.2 Å². The van der Waals surface area contributed by atoms with Crippen molar-refractivity contribution in [1.82, 2.24) is 5.16 Å². The fraction of sp³-hybridized carbons (Fsp3) is 0.217. The molecule has 3 aromatic rings. The normalized spacial score (nSPS) is 13.5. The van der Waals surface area contributed by atoms with Crippen molar-refractivity contribution in [3.05, 3.63) is 70.2 Å². The van der Waals surface area contributed by atoms with Crippen LogP contribution in [0.15, 0.2) is 47.0 Å². The summed E-state index contributed by atoms with van der Waals surface area (Å²) in [6.45, 7) is 1.59. The number of ether oxygens (including phenoxy) is 1. The molecule has 1 saturated heterocycles. The van der Waals surface area contributed by atoms with Gasteiger partial charge in [0.05, 0.1) is 10.6 Å². The lowest BCUT2D eigenvalue weighted by Gasteiger charge is -2.15. The third-order valence-corrected chi connectivity index (χ3v) is 5.49. The van der Waals surface area contributed by atoms with Gasteiger partial charge in [-0.05, 0) is 49.7 Å². The summed E-state index contributed by atoms with van der Waals surface area (Å²) in [5.41, 5.74) is 0.756. The molecule has 1 fully saturated rings. The third kappa shape index (κ3) is 4.13. The highest BCUT2D eigenvalue weighted by Gasteiger charge is 2.27. The molecule has 0 aliphatic carbocycles. The number of ketones is 1. The first-order valence-electron chi connectivity index (χ1n) is 9.88. The van der Waals surface area contributed by atoms with E-state index in [4.69, 9.17) is 20.9 Å². The molecular weight excluding hydrogens is 439 g/mol. The van der Waals surface area contributed by atoms with Crippen LogP contribution in [0.25, 0.3) is 11.3 Å². The van der Waals surface area contributed by atoms with E-state index in [2.05, 4.69) is 5.16 Å². The molecule has 9 heteroatoms. The zero-order valence-corrected chi connectivity index (χ0v) is 17.8. The van der Waals surface area contributed by atoms with Gasteiger partial charge in [0.2, 0.25) is 5.91 Å². The van der Waals surface area contributed by atoms with Crippen LogP contribution in [0.4, 0.5) is 10.1 Å². The minimum absolute atomic E-state index is 0.0489. The van der Waals surface area contributed by atoms with Gasteiger partial charge in [-0.3, -0.25) is 9.59 Å². The number of carbonyl (C=O) groups is 3. The summed E-state index contributed by atoms with van der Waals surface area (Å²) < 4.78 is 24.5. The first kappa shape index (κ1) is 21.7. The SMILES string of the molecule is Cc1onc(-c2c(F)cccc2Cl)c1C(=O)OCC(=O)c1ccc(N2CCCC2=O)cc1. The number of amides is 1. The Morgan fingerprint density at radius 2 is 1.97 bits per heavy atom. The molecule has 164 valence electrons. The predicted molar refractivity (Wildman–Crippen MR) is 114 cm³/mol. The van der Waals surface area contributed by atoms with Gasteiger partial charge in [-0.1, -0.05) is 22.8 Å². The van der Waals surface area contributed by atoms with Crippen molar-refractivity contribution in [2.24, 2.45) is 0 Å². The molecule has 0 bridgehead atoms. The Morgan fingerprint density at radius 1 is 1.22 bits per heavy atom. The highest BCUT2D eigenvalue weighted by Crippen LogP contribution is 2.33. The van der Waals surface area contributed by atoms with E-state index in [1.807, 2.05) is 0 Å². The molecule has 1 aliphatic heterocycles. The second kappa shape index (κ2) is 8.92. The summed E-state index contributed by atoms with van der Waals surface area (Å²) in [6, 6.07) is 10.6. The molecule has 1 aliphatic rings. The minimum Gasteiger partial charge on any atom is -0.454 e. The quantitative estimate of drug-likeness (QED) is 0.397. The van der Waals surface area contributed by atoms with E-state index in [0.717, 1.165) is 6.42 Å². The number of aromatic nitrogens is 1. The van der Waals surface area contributed by atoms with E-state index in [9.17, 15) is 18.8 Å². The molecule has 2 heterocycles. The van der Waals surface area contributed by atoms with Gasteiger partial charge in [-0.15, -0.1) is 0 Å². The van der Waals surface area contributed by atoms with E-state index in [0.29, 0.717) is 24.2 Å². The molecule has 1 amide bonds. The average Bonchev–Trinajstić information content (AvgIpc) is 3.37. The molecule has 32 heavy (non-hydrogen) atoms. The molecule has 0 atom stereocenters. The number of halogens is 2. The number of esters is 1. The maximum absolute atomic E-state index is 14.3. The topological polar surface area (TPSA) is 89.7 Å². The molecular formula is C23H18ClFN2O5. The van der Waals surface area contributed by atoms with Crippen LogP contribution in [0.1, 0.15) is 39.3 Å². The van der Waals surface area contributed by atoms with Gasteiger partial charge in [0.25, 0.3) is 0 Å². The first-order valence-corrected chi connectivity index (χ1v) is 10.3. The van der Waals surface area contributed by atoms with Crippen LogP contribution in [0.2, 0.25) is 5.02 Å². The number of nitrogens with zero attached hydrogens (tertiary/aromatic N) is 2. The summed E-state index contributed by atoms with van der Waals surface area (Å²) in [6.07, 6.45) is 1.32. The fourth-order valence-electron chi connectivity index (χ4n) is 3.54. The van der Waals surface area contributed by atoms with Crippen molar-refractivity contribution >= 4 is 34.9 Å². The van der Waals surface area contributed by atoms with Gasteiger partial charge < -0.3 is 14.2 Å². The van der Waals surface area contributed by atoms with Crippen LogP contribution in [0, 0.1) is 12.7 Å². The highest BCUT2D eigenvalue weighted by atomic mass is 35.5. The number of rotatable bonds is 6. The number of aryl methyl sites for hydroxylation is 1. The summed E-state index contributed by atoms with van der Waals surface area (Å²) in [4.78, 5) is 38.7. The van der Waals surface area contributed by atoms with Gasteiger partial charge in [-0.2, -0.15) is 0 Å². The molecule has 1 aromatic heterocycles. The molecule has 0 radical (unpaired) electrons. The average molecular weight is 457 g/mol. The number of Topliss-reactive ketones (excluding diaryl/α,β-unsaturated/α-hetero) is 1. The molecule has 0 N–H and O–H groups in total. The Bertz CT molecular complexity index is 1190. The Morgan fingerprint density at radius 3 is 2.62 bits per heavy atom. The van der Waals surface area contributed by atoms with Crippen molar-refractivity contribution < 1.29 is 28.0 Å². The Kier molecular flexibility index (Phi) is 6.05. The largest absolute Gasteiger partial charge is 0.454 e. The Hall–Kier alpha value is -3.52. The summed E-state index contributed by atoms with van der Waals surface area (Å²) in [7, 11) is 0. The van der Waals surface area contributed by atoms with Crippen LogP contribution < -0.4 is 4.90 Å². The minimum atomic E-state index is -0.884. The van der Waals surface area contributed by atoms with Gasteiger partial charge in [-0.25, -0.2) is 9.18 Å². The lowest BCUT2D eigenvalue weighted by Crippen LogP contribution is -2.23. The standard InChI is InChI=1S/C23H18ClFN2O5/c1-13-20(22(26-32-13)21-16(24)4-2-5-17(21)25)23(30)31-12-18(28)14-7-9-15(10-8-14)27-11-3-6-19(27)29/h2,4-5,7-10H,3,6,11-12H2,1H3. The van der Waals surface area contributed by atoms with E-state index < -0.39 is 24.2 Å². The molecule has 0 spiro atoms. The third-order valence-electron chi connectivity index (χ3n) is 5.18. The summed E-state index contributed by atoms with van der Waals surface area (Å²) >= 11 is 6.07. The van der Waals surface area contributed by atoms with Gasteiger partial charge >= 0.3 is 5.97 Å². The molecule has 2 aromatic carbocycles. The second-order valence-electron chi connectivity index (χ2n) is 7.25. The zero-order valence-electron chi connectivity index (χ0n) is 17.1. The van der Waals surface area contributed by atoms with Crippen molar-refractivity contribution in [3.8, 4) is 11.3 Å². The van der Waals surface area contributed by atoms with Gasteiger partial charge in [0.1, 0.15) is 22.8 Å². The Labute approximate surface area is 187 Å². The molecule has 7 nitrogen and oxygen atoms in total. The highest BCUT2D eigenvalue weighted by molar-refractivity contribution is 6.33. The van der Waals surface area contributed by atoms with Crippen LogP contribution in [-0.4, -0.2) is 36.0 Å².